The van der Waals surface area contributed by atoms with Gasteiger partial charge in [-0.25, -0.2) is 0 Å². The second-order valence-corrected chi connectivity index (χ2v) is 3.72. The summed E-state index contributed by atoms with van der Waals surface area (Å²) in [5, 5.41) is 9.65. The molecular formula is C11H15NO3. The van der Waals surface area contributed by atoms with Crippen LogP contribution in [0, 0.1) is 5.92 Å². The van der Waals surface area contributed by atoms with Gasteiger partial charge in [0, 0.05) is 0 Å². The Balaban J connectivity index is 2.89. The second-order valence-electron chi connectivity index (χ2n) is 3.72. The van der Waals surface area contributed by atoms with Gasteiger partial charge in [-0.3, -0.25) is 4.79 Å². The maximum atomic E-state index is 10.9. The molecule has 0 bridgehead atoms. The average molecular weight is 209 g/mol. The Morgan fingerprint density at radius 2 is 2.20 bits per heavy atom. The van der Waals surface area contributed by atoms with Crippen LogP contribution in [-0.4, -0.2) is 17.6 Å². The van der Waals surface area contributed by atoms with Crippen LogP contribution in [0.3, 0.4) is 0 Å². The van der Waals surface area contributed by atoms with Crippen molar-refractivity contribution in [2.24, 2.45) is 11.7 Å². The number of primary amides is 1. The molecule has 0 atom stereocenters. The van der Waals surface area contributed by atoms with Gasteiger partial charge in [-0.2, -0.15) is 0 Å². The number of aromatic hydroxyl groups is 1. The summed E-state index contributed by atoms with van der Waals surface area (Å²) < 4.78 is 5.33. The molecule has 82 valence electrons. The topological polar surface area (TPSA) is 72.5 Å². The van der Waals surface area contributed by atoms with Gasteiger partial charge in [0.1, 0.15) is 0 Å². The molecule has 0 fully saturated rings. The van der Waals surface area contributed by atoms with Crippen molar-refractivity contribution in [3.63, 3.8) is 0 Å². The van der Waals surface area contributed by atoms with Gasteiger partial charge in [-0.15, -0.1) is 0 Å². The lowest BCUT2D eigenvalue weighted by Gasteiger charge is -2.11. The van der Waals surface area contributed by atoms with E-state index in [9.17, 15) is 9.90 Å². The Bertz CT molecular complexity index is 361. The first-order chi connectivity index (χ1) is 7.02. The fourth-order valence-corrected chi connectivity index (χ4v) is 1.09. The molecule has 1 aromatic carbocycles. The molecule has 3 N–H and O–H groups in total. The predicted octanol–water partition coefficient (Wildman–Crippen LogP) is 1.53. The Labute approximate surface area is 88.7 Å². The molecule has 0 aromatic heterocycles. The van der Waals surface area contributed by atoms with Crippen LogP contribution in [0.15, 0.2) is 18.2 Å². The first-order valence-corrected chi connectivity index (χ1v) is 4.77. The van der Waals surface area contributed by atoms with E-state index in [4.69, 9.17) is 10.5 Å². The van der Waals surface area contributed by atoms with E-state index < -0.39 is 5.91 Å². The molecule has 1 amide bonds. The number of benzene rings is 1. The quantitative estimate of drug-likeness (QED) is 0.789. The van der Waals surface area contributed by atoms with E-state index in [1.807, 2.05) is 13.8 Å². The summed E-state index contributed by atoms with van der Waals surface area (Å²) in [4.78, 5) is 10.9. The van der Waals surface area contributed by atoms with Crippen molar-refractivity contribution in [2.45, 2.75) is 13.8 Å². The van der Waals surface area contributed by atoms with Gasteiger partial charge in [0.15, 0.2) is 11.5 Å². The number of phenols is 1. The third-order valence-corrected chi connectivity index (χ3v) is 1.84. The van der Waals surface area contributed by atoms with Crippen molar-refractivity contribution in [1.82, 2.24) is 0 Å². The van der Waals surface area contributed by atoms with Crippen LogP contribution in [-0.2, 0) is 0 Å². The number of amides is 1. The molecule has 0 heterocycles. The number of carbonyl (C=O) groups excluding carboxylic acids is 1. The van der Waals surface area contributed by atoms with Gasteiger partial charge in [0.2, 0.25) is 0 Å². The van der Waals surface area contributed by atoms with Gasteiger partial charge in [-0.05, 0) is 18.1 Å². The summed E-state index contributed by atoms with van der Waals surface area (Å²) >= 11 is 0. The summed E-state index contributed by atoms with van der Waals surface area (Å²) in [6, 6.07) is 4.68. The van der Waals surface area contributed by atoms with Crippen LogP contribution < -0.4 is 10.5 Å². The molecule has 0 radical (unpaired) electrons. The highest BCUT2D eigenvalue weighted by molar-refractivity contribution is 5.96. The van der Waals surface area contributed by atoms with Crippen LogP contribution in [0.2, 0.25) is 0 Å². The summed E-state index contributed by atoms with van der Waals surface area (Å²) in [6.07, 6.45) is 0. The number of hydrogen-bond acceptors (Lipinski definition) is 3. The first-order valence-electron chi connectivity index (χ1n) is 4.77. The van der Waals surface area contributed by atoms with E-state index in [-0.39, 0.29) is 11.3 Å². The van der Waals surface area contributed by atoms with Gasteiger partial charge in [0.25, 0.3) is 5.91 Å². The SMILES string of the molecule is CC(C)COc1cccc(C(N)=O)c1O. The van der Waals surface area contributed by atoms with Crippen molar-refractivity contribution >= 4 is 5.91 Å². The minimum absolute atomic E-state index is 0.0799. The van der Waals surface area contributed by atoms with Crippen LogP contribution in [0.4, 0.5) is 0 Å². The molecule has 0 spiro atoms. The predicted molar refractivity (Wildman–Crippen MR) is 57.0 cm³/mol. The zero-order chi connectivity index (χ0) is 11.4. The number of hydrogen-bond donors (Lipinski definition) is 2. The van der Waals surface area contributed by atoms with Gasteiger partial charge in [0.05, 0.1) is 12.2 Å². The Kier molecular flexibility index (Phi) is 3.55. The highest BCUT2D eigenvalue weighted by Gasteiger charge is 2.12. The van der Waals surface area contributed by atoms with Gasteiger partial charge < -0.3 is 15.6 Å². The summed E-state index contributed by atoms with van der Waals surface area (Å²) in [7, 11) is 0. The fraction of sp³-hybridized carbons (Fsp3) is 0.364. The Hall–Kier alpha value is -1.71. The number of carbonyl (C=O) groups is 1. The molecule has 4 heteroatoms. The monoisotopic (exact) mass is 209 g/mol. The Morgan fingerprint density at radius 3 is 2.73 bits per heavy atom. The van der Waals surface area contributed by atoms with E-state index in [0.29, 0.717) is 18.3 Å². The molecule has 0 unspecified atom stereocenters. The molecule has 1 aromatic rings. The van der Waals surface area contributed by atoms with E-state index in [0.717, 1.165) is 0 Å². The summed E-state index contributed by atoms with van der Waals surface area (Å²) in [6.45, 7) is 4.47. The molecule has 0 aliphatic rings. The van der Waals surface area contributed by atoms with Crippen molar-refractivity contribution in [1.29, 1.82) is 0 Å². The van der Waals surface area contributed by atoms with E-state index in [2.05, 4.69) is 0 Å². The minimum atomic E-state index is -0.664. The van der Waals surface area contributed by atoms with Crippen LogP contribution in [0.1, 0.15) is 24.2 Å². The van der Waals surface area contributed by atoms with Gasteiger partial charge in [-0.1, -0.05) is 19.9 Å². The molecule has 4 nitrogen and oxygen atoms in total. The number of rotatable bonds is 4. The average Bonchev–Trinajstić information content (AvgIpc) is 2.15. The number of nitrogens with two attached hydrogens (primary N) is 1. The number of para-hydroxylation sites is 1. The standard InChI is InChI=1S/C11H15NO3/c1-7(2)6-15-9-5-3-4-8(10(9)13)11(12)14/h3-5,7,13H,6H2,1-2H3,(H2,12,14). The normalized spacial score (nSPS) is 10.3. The molecule has 0 aliphatic heterocycles. The minimum Gasteiger partial charge on any atom is -0.504 e. The lowest BCUT2D eigenvalue weighted by Crippen LogP contribution is -2.12. The van der Waals surface area contributed by atoms with Crippen LogP contribution >= 0.6 is 0 Å². The molecule has 0 saturated carbocycles. The summed E-state index contributed by atoms with van der Waals surface area (Å²) in [5.74, 6) is -0.213. The lowest BCUT2D eigenvalue weighted by molar-refractivity contribution is 0.0997. The van der Waals surface area contributed by atoms with Crippen LogP contribution in [0.25, 0.3) is 0 Å². The number of ether oxygens (including phenoxy) is 1. The zero-order valence-corrected chi connectivity index (χ0v) is 8.86. The first kappa shape index (κ1) is 11.4. The van der Waals surface area contributed by atoms with Crippen molar-refractivity contribution in [3.8, 4) is 11.5 Å². The van der Waals surface area contributed by atoms with Crippen molar-refractivity contribution < 1.29 is 14.6 Å². The fourth-order valence-electron chi connectivity index (χ4n) is 1.09. The van der Waals surface area contributed by atoms with E-state index >= 15 is 0 Å². The maximum absolute atomic E-state index is 10.9. The second kappa shape index (κ2) is 4.68. The molecule has 0 aliphatic carbocycles. The van der Waals surface area contributed by atoms with Crippen molar-refractivity contribution in [3.05, 3.63) is 23.8 Å². The molecule has 1 rings (SSSR count). The zero-order valence-electron chi connectivity index (χ0n) is 8.86. The Morgan fingerprint density at radius 1 is 1.53 bits per heavy atom. The van der Waals surface area contributed by atoms with Gasteiger partial charge >= 0.3 is 0 Å². The smallest absolute Gasteiger partial charge is 0.252 e. The lowest BCUT2D eigenvalue weighted by atomic mass is 10.2. The largest absolute Gasteiger partial charge is 0.504 e. The highest BCUT2D eigenvalue weighted by Crippen LogP contribution is 2.29. The third-order valence-electron chi connectivity index (χ3n) is 1.84. The van der Waals surface area contributed by atoms with E-state index in [1.165, 1.54) is 6.07 Å². The van der Waals surface area contributed by atoms with Crippen molar-refractivity contribution in [2.75, 3.05) is 6.61 Å². The summed E-state index contributed by atoms with van der Waals surface area (Å²) in [5.41, 5.74) is 5.16. The van der Waals surface area contributed by atoms with Crippen LogP contribution in [0.5, 0.6) is 11.5 Å². The molecular weight excluding hydrogens is 194 g/mol. The molecule has 0 saturated heterocycles. The van der Waals surface area contributed by atoms with E-state index in [1.54, 1.807) is 12.1 Å². The highest BCUT2D eigenvalue weighted by atomic mass is 16.5. The third kappa shape index (κ3) is 2.87. The maximum Gasteiger partial charge on any atom is 0.252 e. The molecule has 15 heavy (non-hydrogen) atoms.